The molecule has 0 fully saturated rings. The molecule has 72 valence electrons. The topological polar surface area (TPSA) is 20.2 Å². The van der Waals surface area contributed by atoms with Gasteiger partial charge in [0.15, 0.2) is 11.6 Å². The Hall–Kier alpha value is 0.371. The van der Waals surface area contributed by atoms with Crippen molar-refractivity contribution >= 4 is 12.4 Å². The molecule has 0 saturated carbocycles. The molecule has 14 heavy (non-hydrogen) atoms. The third kappa shape index (κ3) is 3.20. The zero-order valence-electron chi connectivity index (χ0n) is 7.07. The van der Waals surface area contributed by atoms with E-state index in [1.54, 1.807) is 0 Å². The fraction of sp³-hybridized carbons (Fsp3) is 0. The van der Waals surface area contributed by atoms with Gasteiger partial charge in [0, 0.05) is 6.07 Å². The minimum atomic E-state index is -5.52. The standard InChI is InChI=1S/C6H3BF5O.K/c8-4-1-3(7(10,11)12)6(13)2-5(4)9;/h1-2,13H;/q-1;+1. The van der Waals surface area contributed by atoms with Gasteiger partial charge in [-0.2, -0.15) is 0 Å². The van der Waals surface area contributed by atoms with Crippen molar-refractivity contribution in [3.63, 3.8) is 0 Å². The van der Waals surface area contributed by atoms with Gasteiger partial charge in [-0.1, -0.05) is 5.46 Å². The monoisotopic (exact) mass is 236 g/mol. The third-order valence-corrected chi connectivity index (χ3v) is 1.42. The Labute approximate surface area is 119 Å². The molecule has 0 aromatic heterocycles. The van der Waals surface area contributed by atoms with Gasteiger partial charge in [0.25, 0.3) is 0 Å². The molecule has 1 nitrogen and oxygen atoms in total. The normalized spacial score (nSPS) is 10.9. The van der Waals surface area contributed by atoms with E-state index in [0.717, 1.165) is 0 Å². The number of hydrogen-bond donors (Lipinski definition) is 1. The summed E-state index contributed by atoms with van der Waals surface area (Å²) < 4.78 is 60.5. The first kappa shape index (κ1) is 14.4. The minimum absolute atomic E-state index is 0. The Balaban J connectivity index is 0.00000169. The smallest absolute Gasteiger partial charge is 0.511 e. The van der Waals surface area contributed by atoms with Crippen LogP contribution in [0.15, 0.2) is 12.1 Å². The van der Waals surface area contributed by atoms with Crippen molar-refractivity contribution in [2.75, 3.05) is 0 Å². The second kappa shape index (κ2) is 4.93. The molecule has 1 rings (SSSR count). The van der Waals surface area contributed by atoms with Crippen molar-refractivity contribution < 1.29 is 78.2 Å². The number of rotatable bonds is 1. The largest absolute Gasteiger partial charge is 1.00 e. The summed E-state index contributed by atoms with van der Waals surface area (Å²) >= 11 is 0. The summed E-state index contributed by atoms with van der Waals surface area (Å²) in [6.07, 6.45) is 0. The molecular weight excluding hydrogens is 233 g/mol. The zero-order chi connectivity index (χ0) is 10.2. The van der Waals surface area contributed by atoms with E-state index in [2.05, 4.69) is 0 Å². The predicted molar refractivity (Wildman–Crippen MR) is 36.7 cm³/mol. The van der Waals surface area contributed by atoms with Crippen LogP contribution in [0.4, 0.5) is 21.7 Å². The maximum Gasteiger partial charge on any atom is 1.00 e. The summed E-state index contributed by atoms with van der Waals surface area (Å²) in [5.41, 5.74) is -1.53. The summed E-state index contributed by atoms with van der Waals surface area (Å²) in [5.74, 6) is -4.44. The number of phenols is 1. The first-order chi connectivity index (χ1) is 5.82. The minimum Gasteiger partial charge on any atom is -0.511 e. The molecule has 0 bridgehead atoms. The van der Waals surface area contributed by atoms with Gasteiger partial charge in [-0.05, 0) is 6.07 Å². The quantitative estimate of drug-likeness (QED) is 0.476. The van der Waals surface area contributed by atoms with Crippen LogP contribution in [0.5, 0.6) is 5.75 Å². The van der Waals surface area contributed by atoms with Crippen molar-refractivity contribution in [2.45, 2.75) is 0 Å². The number of phenolic OH excluding ortho intramolecular Hbond substituents is 1. The molecule has 0 atom stereocenters. The molecule has 0 spiro atoms. The van der Waals surface area contributed by atoms with Crippen LogP contribution >= 0.6 is 0 Å². The van der Waals surface area contributed by atoms with Gasteiger partial charge < -0.3 is 18.1 Å². The Morgan fingerprint density at radius 3 is 1.86 bits per heavy atom. The van der Waals surface area contributed by atoms with E-state index in [1.165, 1.54) is 0 Å². The molecule has 0 heterocycles. The summed E-state index contributed by atoms with van der Waals surface area (Å²) in [7, 11) is 0. The van der Waals surface area contributed by atoms with Crippen molar-refractivity contribution in [3.8, 4) is 5.75 Å². The first-order valence-corrected chi connectivity index (χ1v) is 3.20. The molecule has 8 heteroatoms. The average Bonchev–Trinajstić information content (AvgIpc) is 1.94. The second-order valence-electron chi connectivity index (χ2n) is 2.40. The fourth-order valence-corrected chi connectivity index (χ4v) is 0.814. The van der Waals surface area contributed by atoms with Gasteiger partial charge >= 0.3 is 58.4 Å². The molecule has 0 saturated heterocycles. The molecular formula is C6H3BF5KO. The maximum absolute atomic E-state index is 12.3. The van der Waals surface area contributed by atoms with E-state index in [1.807, 2.05) is 0 Å². The van der Waals surface area contributed by atoms with Crippen LogP contribution in [0, 0.1) is 11.6 Å². The SMILES string of the molecule is Oc1cc(F)c(F)cc1[B-](F)(F)F.[K+]. The average molecular weight is 236 g/mol. The van der Waals surface area contributed by atoms with Crippen LogP contribution in [0.2, 0.25) is 0 Å². The third-order valence-electron chi connectivity index (χ3n) is 1.42. The van der Waals surface area contributed by atoms with Gasteiger partial charge in [-0.3, -0.25) is 0 Å². The van der Waals surface area contributed by atoms with E-state index >= 15 is 0 Å². The molecule has 0 aliphatic carbocycles. The van der Waals surface area contributed by atoms with Crippen LogP contribution in [-0.4, -0.2) is 12.1 Å². The van der Waals surface area contributed by atoms with E-state index in [-0.39, 0.29) is 63.5 Å². The summed E-state index contributed by atoms with van der Waals surface area (Å²) in [6, 6.07) is 0.0323. The maximum atomic E-state index is 12.3. The second-order valence-corrected chi connectivity index (χ2v) is 2.40. The van der Waals surface area contributed by atoms with Gasteiger partial charge in [-0.15, -0.1) is 0 Å². The summed E-state index contributed by atoms with van der Waals surface area (Å²) in [5, 5.41) is 8.64. The fourth-order valence-electron chi connectivity index (χ4n) is 0.814. The number of hydrogen-bond acceptors (Lipinski definition) is 1. The Morgan fingerprint density at radius 2 is 1.43 bits per heavy atom. The number of aromatic hydroxyl groups is 1. The molecule has 0 unspecified atom stereocenters. The van der Waals surface area contributed by atoms with E-state index in [4.69, 9.17) is 5.11 Å². The van der Waals surface area contributed by atoms with Crippen LogP contribution in [0.3, 0.4) is 0 Å². The van der Waals surface area contributed by atoms with Crippen LogP contribution in [0.1, 0.15) is 0 Å². The van der Waals surface area contributed by atoms with Crippen molar-refractivity contribution in [3.05, 3.63) is 23.8 Å². The molecule has 0 aliphatic heterocycles. The molecule has 0 amide bonds. The number of halogens is 5. The molecule has 0 aliphatic rings. The van der Waals surface area contributed by atoms with Crippen molar-refractivity contribution in [2.24, 2.45) is 0 Å². The Morgan fingerprint density at radius 1 is 1.00 bits per heavy atom. The van der Waals surface area contributed by atoms with Gasteiger partial charge in [-0.25, -0.2) is 8.78 Å². The van der Waals surface area contributed by atoms with E-state index < -0.39 is 29.8 Å². The summed E-state index contributed by atoms with van der Waals surface area (Å²) in [6.45, 7) is -5.52. The summed E-state index contributed by atoms with van der Waals surface area (Å²) in [4.78, 5) is 0. The van der Waals surface area contributed by atoms with Crippen molar-refractivity contribution in [1.29, 1.82) is 0 Å². The zero-order valence-corrected chi connectivity index (χ0v) is 10.2. The molecule has 1 aromatic rings. The van der Waals surface area contributed by atoms with Gasteiger partial charge in [0.1, 0.15) is 0 Å². The molecule has 0 radical (unpaired) electrons. The molecule has 1 N–H and O–H groups in total. The number of benzene rings is 1. The Kier molecular flexibility index (Phi) is 5.06. The molecule has 1 aromatic carbocycles. The predicted octanol–water partition coefficient (Wildman–Crippen LogP) is -1.27. The van der Waals surface area contributed by atoms with Crippen LogP contribution in [0.25, 0.3) is 0 Å². The van der Waals surface area contributed by atoms with Crippen LogP contribution < -0.4 is 56.8 Å². The first-order valence-electron chi connectivity index (χ1n) is 3.20. The Bertz CT molecular complexity index is 340. The van der Waals surface area contributed by atoms with Gasteiger partial charge in [0.2, 0.25) is 0 Å². The van der Waals surface area contributed by atoms with Crippen molar-refractivity contribution in [1.82, 2.24) is 0 Å². The van der Waals surface area contributed by atoms with E-state index in [0.29, 0.717) is 0 Å². The van der Waals surface area contributed by atoms with Gasteiger partial charge in [0.05, 0.1) is 5.75 Å². The van der Waals surface area contributed by atoms with E-state index in [9.17, 15) is 21.7 Å². The van der Waals surface area contributed by atoms with Crippen LogP contribution in [-0.2, 0) is 0 Å².